The Morgan fingerprint density at radius 1 is 1.00 bits per heavy atom. The van der Waals surface area contributed by atoms with Crippen LogP contribution in [0, 0.1) is 6.92 Å². The Hall–Kier alpha value is -3.98. The van der Waals surface area contributed by atoms with E-state index in [2.05, 4.69) is 9.97 Å². The first-order valence-corrected chi connectivity index (χ1v) is 9.88. The molecule has 3 heterocycles. The van der Waals surface area contributed by atoms with Crippen molar-refractivity contribution in [3.05, 3.63) is 65.9 Å². The number of hydrogen-bond acceptors (Lipinski definition) is 9. The number of rotatable bonds is 5. The van der Waals surface area contributed by atoms with Crippen LogP contribution < -0.4 is 15.2 Å². The van der Waals surface area contributed by atoms with E-state index < -0.39 is 6.23 Å². The molecule has 1 aromatic carbocycles. The van der Waals surface area contributed by atoms with Crippen LogP contribution in [0.15, 0.2) is 54.0 Å². The fourth-order valence-corrected chi connectivity index (χ4v) is 3.38. The third-order valence-corrected chi connectivity index (χ3v) is 5.06. The average Bonchev–Trinajstić information content (AvgIpc) is 2.80. The molecule has 4 rings (SSSR count). The molecule has 1 aliphatic rings. The molecule has 9 heteroatoms. The zero-order valence-electron chi connectivity index (χ0n) is 18.3. The molecule has 2 aromatic heterocycles. The van der Waals surface area contributed by atoms with Crippen LogP contribution in [0.5, 0.6) is 11.5 Å². The Balaban J connectivity index is 1.81. The van der Waals surface area contributed by atoms with Crippen molar-refractivity contribution in [3.63, 3.8) is 0 Å². The molecule has 1 aliphatic heterocycles. The smallest absolute Gasteiger partial charge is 0.170 e. The molecule has 0 bridgehead atoms. The van der Waals surface area contributed by atoms with Crippen molar-refractivity contribution >= 4 is 17.2 Å². The molecular weight excluding hydrogens is 408 g/mol. The second kappa shape index (κ2) is 8.64. The van der Waals surface area contributed by atoms with E-state index in [-0.39, 0.29) is 5.82 Å². The van der Waals surface area contributed by atoms with E-state index in [1.165, 1.54) is 0 Å². The number of aliphatic hydroxyl groups excluding tert-OH is 1. The molecule has 3 aromatic rings. The first-order valence-electron chi connectivity index (χ1n) is 9.88. The number of aliphatic imine (C=N–C) groups is 1. The predicted molar refractivity (Wildman–Crippen MR) is 122 cm³/mol. The van der Waals surface area contributed by atoms with Crippen LogP contribution in [0.1, 0.15) is 16.8 Å². The highest BCUT2D eigenvalue weighted by Crippen LogP contribution is 2.30. The summed E-state index contributed by atoms with van der Waals surface area (Å²) in [5, 5.41) is 10.8. The van der Waals surface area contributed by atoms with Gasteiger partial charge < -0.3 is 25.2 Å². The summed E-state index contributed by atoms with van der Waals surface area (Å²) in [6, 6.07) is 7.29. The van der Waals surface area contributed by atoms with Gasteiger partial charge in [-0.25, -0.2) is 15.0 Å². The molecule has 1 unspecified atom stereocenters. The molecule has 164 valence electrons. The highest BCUT2D eigenvalue weighted by Gasteiger charge is 2.26. The molecule has 0 amide bonds. The summed E-state index contributed by atoms with van der Waals surface area (Å²) in [4.78, 5) is 19.6. The summed E-state index contributed by atoms with van der Waals surface area (Å²) < 4.78 is 10.7. The maximum absolute atomic E-state index is 10.8. The summed E-state index contributed by atoms with van der Waals surface area (Å²) in [5.74, 6) is 1.40. The molecule has 0 aliphatic carbocycles. The number of anilines is 1. The monoisotopic (exact) mass is 432 g/mol. The second-order valence-corrected chi connectivity index (χ2v) is 7.39. The number of nitrogens with zero attached hydrogens (tertiary/aromatic N) is 5. The summed E-state index contributed by atoms with van der Waals surface area (Å²) in [5.41, 5.74) is 10.6. The molecule has 0 fully saturated rings. The van der Waals surface area contributed by atoms with E-state index >= 15 is 0 Å². The van der Waals surface area contributed by atoms with E-state index in [0.717, 1.165) is 11.1 Å². The Kier molecular flexibility index (Phi) is 5.74. The number of nitrogen functional groups attached to an aromatic ring is 1. The van der Waals surface area contributed by atoms with Gasteiger partial charge in [0.05, 0.1) is 31.8 Å². The first kappa shape index (κ1) is 21.3. The van der Waals surface area contributed by atoms with Crippen molar-refractivity contribution in [2.24, 2.45) is 4.99 Å². The average molecular weight is 432 g/mol. The van der Waals surface area contributed by atoms with E-state index in [4.69, 9.17) is 25.2 Å². The van der Waals surface area contributed by atoms with Crippen molar-refractivity contribution in [3.8, 4) is 22.8 Å². The summed E-state index contributed by atoms with van der Waals surface area (Å²) in [7, 11) is 4.88. The van der Waals surface area contributed by atoms with Crippen molar-refractivity contribution in [1.29, 1.82) is 0 Å². The number of nitrogens with two attached hydrogens (primary N) is 1. The Labute approximate surface area is 185 Å². The Morgan fingerprint density at radius 2 is 1.72 bits per heavy atom. The molecule has 0 spiro atoms. The number of methoxy groups -OCH3 is 2. The van der Waals surface area contributed by atoms with Crippen molar-refractivity contribution in [1.82, 2.24) is 19.9 Å². The SMILES string of the molecule is COc1cc(OC)cc(C2=NC(c3nc(-c4cncc(C)c4)cnc3N)=CN(C)C2O)c1. The Morgan fingerprint density at radius 3 is 2.38 bits per heavy atom. The number of aromatic nitrogens is 3. The third-order valence-electron chi connectivity index (χ3n) is 5.06. The number of aliphatic hydroxyl groups is 1. The van der Waals surface area contributed by atoms with Crippen LogP contribution in [0.3, 0.4) is 0 Å². The number of pyridine rings is 1. The summed E-state index contributed by atoms with van der Waals surface area (Å²) in [6.07, 6.45) is 5.81. The number of ether oxygens (including phenoxy) is 2. The van der Waals surface area contributed by atoms with Crippen LogP contribution in [0.25, 0.3) is 17.0 Å². The van der Waals surface area contributed by atoms with Crippen molar-refractivity contribution in [2.45, 2.75) is 13.2 Å². The number of hydrogen-bond donors (Lipinski definition) is 2. The minimum absolute atomic E-state index is 0.233. The first-order chi connectivity index (χ1) is 15.4. The fourth-order valence-electron chi connectivity index (χ4n) is 3.38. The van der Waals surface area contributed by atoms with Gasteiger partial charge in [-0.3, -0.25) is 4.98 Å². The largest absolute Gasteiger partial charge is 0.497 e. The van der Waals surface area contributed by atoms with E-state index in [0.29, 0.717) is 39.9 Å². The lowest BCUT2D eigenvalue weighted by Crippen LogP contribution is -2.38. The quantitative estimate of drug-likeness (QED) is 0.631. The van der Waals surface area contributed by atoms with Gasteiger partial charge in [-0.1, -0.05) is 0 Å². The standard InChI is InChI=1S/C23H24N6O3/c1-13-5-15(10-25-9-13)18-11-26-22(24)21(27-18)19-12-29(2)23(30)20(28-19)14-6-16(31-3)8-17(7-14)32-4/h5-12,23,30H,1-4H3,(H2,24,26). The molecule has 32 heavy (non-hydrogen) atoms. The molecule has 9 nitrogen and oxygen atoms in total. The van der Waals surface area contributed by atoms with Gasteiger partial charge in [0.15, 0.2) is 12.0 Å². The van der Waals surface area contributed by atoms with Crippen LogP contribution in [-0.2, 0) is 0 Å². The number of likely N-dealkylation sites (N-methyl/N-ethyl adjacent to an activating group) is 1. The maximum Gasteiger partial charge on any atom is 0.170 e. The van der Waals surface area contributed by atoms with Crippen molar-refractivity contribution < 1.29 is 14.6 Å². The molecule has 1 atom stereocenters. The highest BCUT2D eigenvalue weighted by atomic mass is 16.5. The summed E-state index contributed by atoms with van der Waals surface area (Å²) >= 11 is 0. The molecule has 3 N–H and O–H groups in total. The summed E-state index contributed by atoms with van der Waals surface area (Å²) in [6.45, 7) is 1.96. The maximum atomic E-state index is 10.8. The van der Waals surface area contributed by atoms with Crippen LogP contribution in [0.2, 0.25) is 0 Å². The normalized spacial score (nSPS) is 15.8. The second-order valence-electron chi connectivity index (χ2n) is 7.39. The van der Waals surface area contributed by atoms with E-state index in [1.807, 2.05) is 13.0 Å². The fraction of sp³-hybridized carbons (Fsp3) is 0.217. The third kappa shape index (κ3) is 4.10. The lowest BCUT2D eigenvalue weighted by molar-refractivity contribution is 0.116. The minimum atomic E-state index is -0.978. The highest BCUT2D eigenvalue weighted by molar-refractivity contribution is 6.07. The lowest BCUT2D eigenvalue weighted by atomic mass is 10.1. The predicted octanol–water partition coefficient (Wildman–Crippen LogP) is 2.50. The van der Waals surface area contributed by atoms with Gasteiger partial charge in [-0.05, 0) is 30.7 Å². The van der Waals surface area contributed by atoms with Crippen LogP contribution in [-0.4, -0.2) is 58.2 Å². The minimum Gasteiger partial charge on any atom is -0.497 e. The number of aryl methyl sites for hydroxylation is 1. The van der Waals surface area contributed by atoms with Gasteiger partial charge in [0.1, 0.15) is 22.9 Å². The van der Waals surface area contributed by atoms with Gasteiger partial charge in [0.25, 0.3) is 0 Å². The van der Waals surface area contributed by atoms with Crippen molar-refractivity contribution in [2.75, 3.05) is 27.0 Å². The van der Waals surface area contributed by atoms with Gasteiger partial charge in [-0.15, -0.1) is 0 Å². The molecule has 0 radical (unpaired) electrons. The Bertz CT molecular complexity index is 1200. The lowest BCUT2D eigenvalue weighted by Gasteiger charge is -2.28. The zero-order chi connectivity index (χ0) is 22.8. The molecule has 0 saturated heterocycles. The van der Waals surface area contributed by atoms with Gasteiger partial charge in [0.2, 0.25) is 0 Å². The number of benzene rings is 1. The zero-order valence-corrected chi connectivity index (χ0v) is 18.3. The molecular formula is C23H24N6O3. The van der Waals surface area contributed by atoms with Crippen LogP contribution in [0.4, 0.5) is 5.82 Å². The molecule has 0 saturated carbocycles. The van der Waals surface area contributed by atoms with Crippen LogP contribution >= 0.6 is 0 Å². The van der Waals surface area contributed by atoms with E-state index in [1.54, 1.807) is 69.2 Å². The van der Waals surface area contributed by atoms with Gasteiger partial charge in [-0.2, -0.15) is 0 Å². The topological polar surface area (TPSA) is 119 Å². The van der Waals surface area contributed by atoms with E-state index in [9.17, 15) is 5.11 Å². The van der Waals surface area contributed by atoms with Gasteiger partial charge in [0, 0.05) is 42.8 Å². The van der Waals surface area contributed by atoms with Gasteiger partial charge >= 0.3 is 0 Å².